The molecular formula is C29H33N5O2. The molecule has 2 aromatic rings. The summed E-state index contributed by atoms with van der Waals surface area (Å²) in [6, 6.07) is 8.61. The Bertz CT molecular complexity index is 1210. The van der Waals surface area contributed by atoms with E-state index in [4.69, 9.17) is 9.72 Å². The molecule has 2 saturated heterocycles. The van der Waals surface area contributed by atoms with Crippen LogP contribution in [0, 0.1) is 17.2 Å². The number of piperazine rings is 1. The molecule has 4 heterocycles. The molecular weight excluding hydrogens is 450 g/mol. The predicted octanol–water partition coefficient (Wildman–Crippen LogP) is 4.53. The third-order valence-corrected chi connectivity index (χ3v) is 8.05. The summed E-state index contributed by atoms with van der Waals surface area (Å²) in [5.74, 6) is 1.97. The number of hydrogen-bond acceptors (Lipinski definition) is 6. The van der Waals surface area contributed by atoms with Crippen LogP contribution in [0.25, 0.3) is 17.2 Å². The highest BCUT2D eigenvalue weighted by Crippen LogP contribution is 2.45. The molecule has 1 amide bonds. The maximum Gasteiger partial charge on any atom is 0.225 e. The fourth-order valence-corrected chi connectivity index (χ4v) is 5.78. The zero-order chi connectivity index (χ0) is 24.6. The highest BCUT2D eigenvalue weighted by molar-refractivity contribution is 5.78. The average molecular weight is 484 g/mol. The van der Waals surface area contributed by atoms with Gasteiger partial charge in [0, 0.05) is 43.9 Å². The SMILES string of the molecule is C=Cc1cc(-c2cc(C#N)c(N3CCN(C(=O)CC4CCCO4)[C@H](C4CC4)C3)nc2C2CC2)ccn1. The van der Waals surface area contributed by atoms with Gasteiger partial charge in [-0.2, -0.15) is 5.26 Å². The maximum absolute atomic E-state index is 13.2. The molecule has 0 radical (unpaired) electrons. The fourth-order valence-electron chi connectivity index (χ4n) is 5.78. The summed E-state index contributed by atoms with van der Waals surface area (Å²) in [4.78, 5) is 27.1. The lowest BCUT2D eigenvalue weighted by molar-refractivity contribution is -0.136. The molecule has 0 aromatic carbocycles. The van der Waals surface area contributed by atoms with E-state index in [9.17, 15) is 10.1 Å². The average Bonchev–Trinajstić information content (AvgIpc) is 3.86. The smallest absolute Gasteiger partial charge is 0.225 e. The normalized spacial score (nSPS) is 24.0. The number of amides is 1. The van der Waals surface area contributed by atoms with Gasteiger partial charge in [-0.1, -0.05) is 6.58 Å². The summed E-state index contributed by atoms with van der Waals surface area (Å²) in [5, 5.41) is 10.1. The standard InChI is InChI=1S/C29H33N5O2/c1-2-23-14-21(9-10-31-23)25-15-22(17-30)29(32-28(25)20-7-8-20)33-11-12-34(26(18-33)19-5-6-19)27(35)16-24-4-3-13-36-24/h2,9-10,14-15,19-20,24,26H,1,3-8,11-13,16,18H2/t24?,26-/m0/s1. The molecule has 0 N–H and O–H groups in total. The van der Waals surface area contributed by atoms with E-state index in [-0.39, 0.29) is 18.1 Å². The van der Waals surface area contributed by atoms with Crippen molar-refractivity contribution in [3.8, 4) is 17.2 Å². The fraction of sp³-hybridized carbons (Fsp3) is 0.517. The zero-order valence-electron chi connectivity index (χ0n) is 20.7. The van der Waals surface area contributed by atoms with Gasteiger partial charge in [0.1, 0.15) is 11.9 Å². The number of aromatic nitrogens is 2. The monoisotopic (exact) mass is 483 g/mol. The van der Waals surface area contributed by atoms with E-state index in [1.807, 2.05) is 18.2 Å². The summed E-state index contributed by atoms with van der Waals surface area (Å²) < 4.78 is 5.74. The van der Waals surface area contributed by atoms with Gasteiger partial charge in [0.15, 0.2) is 0 Å². The molecule has 7 nitrogen and oxygen atoms in total. The number of anilines is 1. The van der Waals surface area contributed by atoms with E-state index in [0.717, 1.165) is 67.2 Å². The Morgan fingerprint density at radius 2 is 2.08 bits per heavy atom. The number of nitrogens with zero attached hydrogens (tertiary/aromatic N) is 5. The Kier molecular flexibility index (Phi) is 6.22. The summed E-state index contributed by atoms with van der Waals surface area (Å²) in [6.45, 7) is 6.73. The molecule has 186 valence electrons. The van der Waals surface area contributed by atoms with Crippen LogP contribution in [0.2, 0.25) is 0 Å². The second-order valence-corrected chi connectivity index (χ2v) is 10.6. The Hall–Kier alpha value is -3.24. The number of pyridine rings is 2. The van der Waals surface area contributed by atoms with Crippen molar-refractivity contribution in [2.24, 2.45) is 5.92 Å². The van der Waals surface area contributed by atoms with Gasteiger partial charge in [0.25, 0.3) is 0 Å². The summed E-state index contributed by atoms with van der Waals surface area (Å²) in [5.41, 5.74) is 4.53. The van der Waals surface area contributed by atoms with Crippen molar-refractivity contribution in [1.82, 2.24) is 14.9 Å². The molecule has 2 aliphatic carbocycles. The molecule has 1 unspecified atom stereocenters. The second-order valence-electron chi connectivity index (χ2n) is 10.6. The Morgan fingerprint density at radius 3 is 2.78 bits per heavy atom. The van der Waals surface area contributed by atoms with Crippen molar-refractivity contribution in [2.45, 2.75) is 63.0 Å². The van der Waals surface area contributed by atoms with Crippen LogP contribution in [-0.4, -0.2) is 59.2 Å². The van der Waals surface area contributed by atoms with Gasteiger partial charge in [-0.15, -0.1) is 0 Å². The molecule has 4 fully saturated rings. The van der Waals surface area contributed by atoms with E-state index in [1.165, 1.54) is 12.8 Å². The highest BCUT2D eigenvalue weighted by atomic mass is 16.5. The highest BCUT2D eigenvalue weighted by Gasteiger charge is 2.42. The largest absolute Gasteiger partial charge is 0.378 e. The molecule has 2 atom stereocenters. The number of nitriles is 1. The zero-order valence-corrected chi connectivity index (χ0v) is 20.7. The minimum atomic E-state index is 0.0747. The Balaban J connectivity index is 1.29. The molecule has 4 aliphatic rings. The van der Waals surface area contributed by atoms with Crippen LogP contribution in [-0.2, 0) is 9.53 Å². The maximum atomic E-state index is 13.2. The van der Waals surface area contributed by atoms with Gasteiger partial charge in [0.05, 0.1) is 35.5 Å². The summed E-state index contributed by atoms with van der Waals surface area (Å²) in [6.07, 6.45) is 10.7. The Morgan fingerprint density at radius 1 is 1.22 bits per heavy atom. The number of carbonyl (C=O) groups is 1. The third kappa shape index (κ3) is 4.62. The van der Waals surface area contributed by atoms with Crippen molar-refractivity contribution < 1.29 is 9.53 Å². The van der Waals surface area contributed by atoms with Gasteiger partial charge >= 0.3 is 0 Å². The third-order valence-electron chi connectivity index (χ3n) is 8.05. The van der Waals surface area contributed by atoms with Crippen molar-refractivity contribution in [3.05, 3.63) is 47.9 Å². The topological polar surface area (TPSA) is 82.4 Å². The van der Waals surface area contributed by atoms with E-state index < -0.39 is 0 Å². The second kappa shape index (κ2) is 9.67. The van der Waals surface area contributed by atoms with E-state index >= 15 is 0 Å². The first-order valence-electron chi connectivity index (χ1n) is 13.3. The van der Waals surface area contributed by atoms with Crippen molar-refractivity contribution >= 4 is 17.8 Å². The quantitative estimate of drug-likeness (QED) is 0.575. The molecule has 0 bridgehead atoms. The Labute approximate surface area is 212 Å². The first kappa shape index (κ1) is 23.2. The summed E-state index contributed by atoms with van der Waals surface area (Å²) in [7, 11) is 0. The molecule has 0 spiro atoms. The lowest BCUT2D eigenvalue weighted by Gasteiger charge is -2.43. The van der Waals surface area contributed by atoms with Crippen molar-refractivity contribution in [3.63, 3.8) is 0 Å². The van der Waals surface area contributed by atoms with Gasteiger partial charge in [-0.3, -0.25) is 9.78 Å². The number of hydrogen-bond donors (Lipinski definition) is 0. The van der Waals surface area contributed by atoms with Gasteiger partial charge < -0.3 is 14.5 Å². The van der Waals surface area contributed by atoms with Crippen LogP contribution in [0.15, 0.2) is 31.0 Å². The molecule has 2 aromatic heterocycles. The van der Waals surface area contributed by atoms with Gasteiger partial charge in [-0.05, 0) is 74.3 Å². The van der Waals surface area contributed by atoms with Crippen LogP contribution >= 0.6 is 0 Å². The number of carbonyl (C=O) groups excluding carboxylic acids is 1. The minimum absolute atomic E-state index is 0.0747. The predicted molar refractivity (Wildman–Crippen MR) is 138 cm³/mol. The first-order chi connectivity index (χ1) is 17.6. The number of rotatable bonds is 7. The molecule has 7 heteroatoms. The molecule has 2 aliphatic heterocycles. The lowest BCUT2D eigenvalue weighted by atomic mass is 9.98. The van der Waals surface area contributed by atoms with E-state index in [0.29, 0.717) is 36.9 Å². The van der Waals surface area contributed by atoms with E-state index in [2.05, 4.69) is 27.4 Å². The van der Waals surface area contributed by atoms with Crippen LogP contribution in [0.4, 0.5) is 5.82 Å². The summed E-state index contributed by atoms with van der Waals surface area (Å²) >= 11 is 0. The van der Waals surface area contributed by atoms with Crippen molar-refractivity contribution in [2.75, 3.05) is 31.1 Å². The first-order valence-corrected chi connectivity index (χ1v) is 13.3. The minimum Gasteiger partial charge on any atom is -0.378 e. The van der Waals surface area contributed by atoms with Crippen LogP contribution in [0.1, 0.15) is 67.8 Å². The van der Waals surface area contributed by atoms with Crippen LogP contribution in [0.3, 0.4) is 0 Å². The van der Waals surface area contributed by atoms with Gasteiger partial charge in [0.2, 0.25) is 5.91 Å². The van der Waals surface area contributed by atoms with Crippen LogP contribution < -0.4 is 4.90 Å². The molecule has 36 heavy (non-hydrogen) atoms. The van der Waals surface area contributed by atoms with E-state index in [1.54, 1.807) is 12.3 Å². The van der Waals surface area contributed by atoms with Gasteiger partial charge in [-0.25, -0.2) is 4.98 Å². The molecule has 2 saturated carbocycles. The van der Waals surface area contributed by atoms with Crippen LogP contribution in [0.5, 0.6) is 0 Å². The molecule has 6 rings (SSSR count). The number of ether oxygens (including phenoxy) is 1. The lowest BCUT2D eigenvalue weighted by Crippen LogP contribution is -2.57. The van der Waals surface area contributed by atoms with Crippen molar-refractivity contribution in [1.29, 1.82) is 5.26 Å².